The number of fused-ring (bicyclic) bond motifs is 7. The number of nitrogens with zero attached hydrogens (tertiary/aromatic N) is 2. The van der Waals surface area contributed by atoms with Gasteiger partial charge in [0, 0.05) is 22.2 Å². The molecule has 0 spiro atoms. The molecule has 194 valence electrons. The van der Waals surface area contributed by atoms with Crippen molar-refractivity contribution in [2.75, 3.05) is 0 Å². The van der Waals surface area contributed by atoms with Gasteiger partial charge in [0.1, 0.15) is 6.07 Å². The second-order valence-electron chi connectivity index (χ2n) is 14.2. The van der Waals surface area contributed by atoms with Crippen LogP contribution in [0.3, 0.4) is 0 Å². The molecule has 0 aliphatic heterocycles. The maximum absolute atomic E-state index is 14.3. The largest absolute Gasteiger partial charge is 0.411 e. The lowest BCUT2D eigenvalue weighted by Crippen LogP contribution is -2.65. The standard InChI is InChI=1S/C31H42N2O3/c1-18-8-11-31(17-33-36)13-12-30(7)25(24(31)19(18)2)21(34)14-23-28(5)15-20(16-32)26(35)27(3,4)22(28)9-10-29(23,30)6/h14-15,17-19,22,24-25,36H,8-13H2,1-7H3/b33-17+/t18-,19+,22+,24+,25-,28+,29-,30-,31-/m1/s1. The lowest BCUT2D eigenvalue weighted by Gasteiger charge is -2.69. The lowest BCUT2D eigenvalue weighted by molar-refractivity contribution is -0.165. The van der Waals surface area contributed by atoms with Gasteiger partial charge in [-0.15, -0.1) is 5.16 Å². The van der Waals surface area contributed by atoms with Crippen molar-refractivity contribution in [1.82, 2.24) is 0 Å². The Labute approximate surface area is 216 Å². The minimum atomic E-state index is -0.649. The highest BCUT2D eigenvalue weighted by atomic mass is 16.4. The molecule has 0 saturated heterocycles. The first-order valence-electron chi connectivity index (χ1n) is 13.9. The molecule has 3 saturated carbocycles. The third kappa shape index (κ3) is 2.85. The highest BCUT2D eigenvalue weighted by molar-refractivity contribution is 6.04. The van der Waals surface area contributed by atoms with Crippen LogP contribution >= 0.6 is 0 Å². The van der Waals surface area contributed by atoms with E-state index in [1.54, 1.807) is 6.21 Å². The number of rotatable bonds is 1. The number of carbonyl (C=O) groups excluding carboxylic acids is 2. The molecule has 9 atom stereocenters. The molecule has 5 aliphatic rings. The van der Waals surface area contributed by atoms with Crippen molar-refractivity contribution in [2.45, 2.75) is 87.0 Å². The van der Waals surface area contributed by atoms with Crippen molar-refractivity contribution in [1.29, 1.82) is 5.26 Å². The van der Waals surface area contributed by atoms with Gasteiger partial charge in [-0.1, -0.05) is 60.1 Å². The molecule has 5 aliphatic carbocycles. The van der Waals surface area contributed by atoms with Crippen LogP contribution in [-0.4, -0.2) is 23.0 Å². The van der Waals surface area contributed by atoms with Crippen molar-refractivity contribution < 1.29 is 14.8 Å². The fraction of sp³-hybridized carbons (Fsp3) is 0.742. The van der Waals surface area contributed by atoms with E-state index in [1.807, 2.05) is 26.0 Å². The van der Waals surface area contributed by atoms with Crippen LogP contribution in [0.25, 0.3) is 0 Å². The van der Waals surface area contributed by atoms with Crippen LogP contribution in [0.5, 0.6) is 0 Å². The normalized spacial score (nSPS) is 49.7. The maximum Gasteiger partial charge on any atom is 0.178 e. The molecule has 3 fully saturated rings. The van der Waals surface area contributed by atoms with Gasteiger partial charge in [0.15, 0.2) is 11.6 Å². The molecule has 5 heteroatoms. The minimum Gasteiger partial charge on any atom is -0.411 e. The summed E-state index contributed by atoms with van der Waals surface area (Å²) in [5.41, 5.74) is -0.486. The van der Waals surface area contributed by atoms with E-state index >= 15 is 0 Å². The molecule has 0 bridgehead atoms. The van der Waals surface area contributed by atoms with Gasteiger partial charge in [0.2, 0.25) is 0 Å². The Kier molecular flexibility index (Phi) is 5.40. The Morgan fingerprint density at radius 2 is 1.75 bits per heavy atom. The predicted molar refractivity (Wildman–Crippen MR) is 139 cm³/mol. The second-order valence-corrected chi connectivity index (χ2v) is 14.2. The van der Waals surface area contributed by atoms with Gasteiger partial charge in [0.05, 0.1) is 11.8 Å². The summed E-state index contributed by atoms with van der Waals surface area (Å²) in [7, 11) is 0. The van der Waals surface area contributed by atoms with Crippen molar-refractivity contribution in [3.63, 3.8) is 0 Å². The zero-order chi connectivity index (χ0) is 26.5. The number of Topliss-reactive ketones (excluding diaryl/α,β-unsaturated/α-hetero) is 1. The second kappa shape index (κ2) is 7.65. The summed E-state index contributed by atoms with van der Waals surface area (Å²) in [5.74, 6) is 1.05. The molecule has 0 aromatic heterocycles. The minimum absolute atomic E-state index is 0.0553. The molecule has 0 unspecified atom stereocenters. The third-order valence-corrected chi connectivity index (χ3v) is 12.6. The highest BCUT2D eigenvalue weighted by Gasteiger charge is 2.70. The first-order chi connectivity index (χ1) is 16.7. The average Bonchev–Trinajstić information content (AvgIpc) is 2.81. The molecular formula is C31H42N2O3. The quantitative estimate of drug-likeness (QED) is 0.257. The van der Waals surface area contributed by atoms with E-state index in [0.29, 0.717) is 11.8 Å². The molecule has 0 radical (unpaired) electrons. The van der Waals surface area contributed by atoms with Crippen LogP contribution < -0.4 is 0 Å². The lowest BCUT2D eigenvalue weighted by atomic mass is 9.34. The number of hydrogen-bond acceptors (Lipinski definition) is 5. The van der Waals surface area contributed by atoms with Crippen molar-refractivity contribution in [3.05, 3.63) is 23.3 Å². The van der Waals surface area contributed by atoms with Crippen LogP contribution in [0, 0.1) is 68.0 Å². The summed E-state index contributed by atoms with van der Waals surface area (Å²) in [6.07, 6.45) is 11.3. The number of nitriles is 1. The summed E-state index contributed by atoms with van der Waals surface area (Å²) in [6.45, 7) is 15.4. The fourth-order valence-corrected chi connectivity index (χ4v) is 10.2. The molecule has 0 heterocycles. The van der Waals surface area contributed by atoms with Gasteiger partial charge >= 0.3 is 0 Å². The molecule has 0 aromatic carbocycles. The van der Waals surface area contributed by atoms with Crippen molar-refractivity contribution >= 4 is 17.8 Å². The third-order valence-electron chi connectivity index (χ3n) is 12.6. The van der Waals surface area contributed by atoms with Gasteiger partial charge in [-0.2, -0.15) is 5.26 Å². The molecular weight excluding hydrogens is 448 g/mol. The predicted octanol–water partition coefficient (Wildman–Crippen LogP) is 6.52. The summed E-state index contributed by atoms with van der Waals surface area (Å²) < 4.78 is 0. The topological polar surface area (TPSA) is 90.5 Å². The summed E-state index contributed by atoms with van der Waals surface area (Å²) in [5, 5.41) is 23.1. The van der Waals surface area contributed by atoms with Crippen LogP contribution in [0.15, 0.2) is 28.5 Å². The van der Waals surface area contributed by atoms with E-state index in [0.717, 1.165) is 44.1 Å². The van der Waals surface area contributed by atoms with E-state index in [2.05, 4.69) is 45.8 Å². The SMILES string of the molecule is C[C@@H]1[C@H]2[C@H]3C(=O)C=C4[C@@]5(C)C=C(C#N)C(=O)C(C)(C)[C@@H]5CC[C@@]4(C)[C@]3(C)CC[C@@]2(/C=N/O)CC[C@H]1C. The Morgan fingerprint density at radius 1 is 1.06 bits per heavy atom. The highest BCUT2D eigenvalue weighted by Crippen LogP contribution is 2.74. The number of ketones is 2. The van der Waals surface area contributed by atoms with Gasteiger partial charge in [-0.05, 0) is 79.1 Å². The first kappa shape index (κ1) is 25.4. The van der Waals surface area contributed by atoms with Gasteiger partial charge in [0.25, 0.3) is 0 Å². The molecule has 0 aromatic rings. The number of carbonyl (C=O) groups is 2. The Balaban J connectivity index is 1.72. The van der Waals surface area contributed by atoms with Crippen LogP contribution in [0.1, 0.15) is 87.0 Å². The fourth-order valence-electron chi connectivity index (χ4n) is 10.2. The molecule has 36 heavy (non-hydrogen) atoms. The molecule has 1 N–H and O–H groups in total. The summed E-state index contributed by atoms with van der Waals surface area (Å²) >= 11 is 0. The van der Waals surface area contributed by atoms with Crippen molar-refractivity contribution in [3.8, 4) is 6.07 Å². The van der Waals surface area contributed by atoms with Crippen LogP contribution in [0.4, 0.5) is 0 Å². The van der Waals surface area contributed by atoms with Crippen LogP contribution in [0.2, 0.25) is 0 Å². The molecule has 5 nitrogen and oxygen atoms in total. The smallest absolute Gasteiger partial charge is 0.178 e. The number of allylic oxidation sites excluding steroid dienone is 4. The number of hydrogen-bond donors (Lipinski definition) is 1. The summed E-state index contributed by atoms with van der Waals surface area (Å²) in [6, 6.07) is 2.18. The van der Waals surface area contributed by atoms with Gasteiger partial charge < -0.3 is 5.21 Å². The Bertz CT molecular complexity index is 1160. The Hall–Kier alpha value is -2.22. The average molecular weight is 491 g/mol. The Morgan fingerprint density at radius 3 is 2.39 bits per heavy atom. The molecule has 5 rings (SSSR count). The van der Waals surface area contributed by atoms with E-state index in [9.17, 15) is 20.1 Å². The van der Waals surface area contributed by atoms with E-state index < -0.39 is 10.8 Å². The zero-order valence-electron chi connectivity index (χ0n) is 23.0. The first-order valence-corrected chi connectivity index (χ1v) is 13.9. The van der Waals surface area contributed by atoms with Crippen molar-refractivity contribution in [2.24, 2.45) is 61.8 Å². The zero-order valence-corrected chi connectivity index (χ0v) is 23.0. The maximum atomic E-state index is 14.3. The van der Waals surface area contributed by atoms with E-state index in [4.69, 9.17) is 0 Å². The number of oxime groups is 1. The monoisotopic (exact) mass is 490 g/mol. The van der Waals surface area contributed by atoms with Gasteiger partial charge in [-0.3, -0.25) is 9.59 Å². The molecule has 0 amide bonds. The summed E-state index contributed by atoms with van der Waals surface area (Å²) in [4.78, 5) is 27.5. The van der Waals surface area contributed by atoms with Crippen LogP contribution in [-0.2, 0) is 9.59 Å². The van der Waals surface area contributed by atoms with Gasteiger partial charge in [-0.25, -0.2) is 0 Å². The van der Waals surface area contributed by atoms with E-state index in [-0.39, 0.29) is 51.1 Å². The van der Waals surface area contributed by atoms with E-state index in [1.165, 1.54) is 0 Å².